The van der Waals surface area contributed by atoms with Crippen LogP contribution in [0.15, 0.2) is 42.6 Å². The molecule has 2 aromatic rings. The van der Waals surface area contributed by atoms with Crippen LogP contribution in [0, 0.1) is 0 Å². The van der Waals surface area contributed by atoms with Gasteiger partial charge in [-0.25, -0.2) is 0 Å². The highest BCUT2D eigenvalue weighted by molar-refractivity contribution is 5.95. The Hall–Kier alpha value is -2.57. The normalized spacial score (nSPS) is 16.6. The fourth-order valence-corrected chi connectivity index (χ4v) is 2.48. The molecule has 1 N–H and O–H groups in total. The molecule has 0 spiro atoms. The van der Waals surface area contributed by atoms with Crippen molar-refractivity contribution in [3.8, 4) is 5.75 Å². The average Bonchev–Trinajstić information content (AvgIpc) is 2.94. The van der Waals surface area contributed by atoms with E-state index in [1.165, 1.54) is 6.07 Å². The summed E-state index contributed by atoms with van der Waals surface area (Å²) < 4.78 is 44.2. The van der Waals surface area contributed by atoms with Gasteiger partial charge in [0, 0.05) is 12.6 Å². The SMILES string of the molecule is O=C(NC[C@H]1Cc2ccccc2O1)c1cccnc1C(F)(F)F. The van der Waals surface area contributed by atoms with Crippen molar-refractivity contribution in [1.82, 2.24) is 10.3 Å². The minimum Gasteiger partial charge on any atom is -0.488 e. The van der Waals surface area contributed by atoms with E-state index in [1.54, 1.807) is 0 Å². The summed E-state index contributed by atoms with van der Waals surface area (Å²) in [5.74, 6) is -0.0749. The lowest BCUT2D eigenvalue weighted by Crippen LogP contribution is -2.35. The summed E-state index contributed by atoms with van der Waals surface area (Å²) in [4.78, 5) is 15.3. The summed E-state index contributed by atoms with van der Waals surface area (Å²) >= 11 is 0. The van der Waals surface area contributed by atoms with E-state index in [9.17, 15) is 18.0 Å². The summed E-state index contributed by atoms with van der Waals surface area (Å²) in [5, 5.41) is 2.48. The molecular weight excluding hydrogens is 309 g/mol. The van der Waals surface area contributed by atoms with Crippen molar-refractivity contribution >= 4 is 5.91 Å². The Kier molecular flexibility index (Phi) is 3.94. The zero-order valence-corrected chi connectivity index (χ0v) is 11.9. The van der Waals surface area contributed by atoms with E-state index in [2.05, 4.69) is 10.3 Å². The summed E-state index contributed by atoms with van der Waals surface area (Å²) in [6.07, 6.45) is -3.35. The quantitative estimate of drug-likeness (QED) is 0.945. The number of alkyl halides is 3. The molecule has 0 radical (unpaired) electrons. The maximum absolute atomic E-state index is 12.9. The molecule has 4 nitrogen and oxygen atoms in total. The minimum absolute atomic E-state index is 0.125. The highest BCUT2D eigenvalue weighted by Gasteiger charge is 2.37. The molecule has 0 aliphatic carbocycles. The zero-order chi connectivity index (χ0) is 16.4. The Balaban J connectivity index is 1.66. The third-order valence-electron chi connectivity index (χ3n) is 3.52. The van der Waals surface area contributed by atoms with E-state index in [0.29, 0.717) is 6.42 Å². The van der Waals surface area contributed by atoms with Crippen LogP contribution in [0.5, 0.6) is 5.75 Å². The number of nitrogens with zero attached hydrogens (tertiary/aromatic N) is 1. The fourth-order valence-electron chi connectivity index (χ4n) is 2.48. The van der Waals surface area contributed by atoms with E-state index in [1.807, 2.05) is 24.3 Å². The first-order valence-corrected chi connectivity index (χ1v) is 7.00. The molecule has 1 amide bonds. The summed E-state index contributed by atoms with van der Waals surface area (Å²) in [5.41, 5.74) is -0.659. The molecular formula is C16H13F3N2O2. The number of ether oxygens (including phenoxy) is 1. The van der Waals surface area contributed by atoms with Crippen molar-refractivity contribution < 1.29 is 22.7 Å². The molecule has 0 bridgehead atoms. The van der Waals surface area contributed by atoms with Crippen LogP contribution in [-0.2, 0) is 12.6 Å². The number of aromatic nitrogens is 1. The zero-order valence-electron chi connectivity index (χ0n) is 11.9. The largest absolute Gasteiger partial charge is 0.488 e. The number of amides is 1. The maximum Gasteiger partial charge on any atom is 0.434 e. The maximum atomic E-state index is 12.9. The number of para-hydroxylation sites is 1. The van der Waals surface area contributed by atoms with Gasteiger partial charge in [0.15, 0.2) is 5.69 Å². The molecule has 1 aromatic carbocycles. The van der Waals surface area contributed by atoms with Crippen molar-refractivity contribution in [2.75, 3.05) is 6.54 Å². The molecule has 0 saturated carbocycles. The Morgan fingerprint density at radius 1 is 1.26 bits per heavy atom. The van der Waals surface area contributed by atoms with E-state index < -0.39 is 23.3 Å². The molecule has 2 heterocycles. The molecule has 1 aliphatic rings. The van der Waals surface area contributed by atoms with Crippen molar-refractivity contribution in [2.24, 2.45) is 0 Å². The van der Waals surface area contributed by atoms with Crippen molar-refractivity contribution in [3.05, 3.63) is 59.4 Å². The third-order valence-corrected chi connectivity index (χ3v) is 3.52. The number of pyridine rings is 1. The number of halogens is 3. The predicted octanol–water partition coefficient (Wildman–Crippen LogP) is 2.83. The number of hydrogen-bond acceptors (Lipinski definition) is 3. The fraction of sp³-hybridized carbons (Fsp3) is 0.250. The van der Waals surface area contributed by atoms with Crippen molar-refractivity contribution in [2.45, 2.75) is 18.7 Å². The molecule has 1 aromatic heterocycles. The van der Waals surface area contributed by atoms with Gasteiger partial charge in [-0.15, -0.1) is 0 Å². The first-order chi connectivity index (χ1) is 10.9. The van der Waals surface area contributed by atoms with Gasteiger partial charge in [-0.05, 0) is 23.8 Å². The van der Waals surface area contributed by atoms with Crippen molar-refractivity contribution in [3.63, 3.8) is 0 Å². The van der Waals surface area contributed by atoms with Crippen molar-refractivity contribution in [1.29, 1.82) is 0 Å². The molecule has 1 atom stereocenters. The first kappa shape index (κ1) is 15.3. The molecule has 1 aliphatic heterocycles. The number of rotatable bonds is 3. The first-order valence-electron chi connectivity index (χ1n) is 7.00. The van der Waals surface area contributed by atoms with E-state index in [-0.39, 0.29) is 12.6 Å². The monoisotopic (exact) mass is 322 g/mol. The number of hydrogen-bond donors (Lipinski definition) is 1. The van der Waals surface area contributed by atoms with Crippen LogP contribution >= 0.6 is 0 Å². The van der Waals surface area contributed by atoms with Crippen LogP contribution in [0.4, 0.5) is 13.2 Å². The lowest BCUT2D eigenvalue weighted by molar-refractivity contribution is -0.141. The van der Waals surface area contributed by atoms with Gasteiger partial charge in [0.2, 0.25) is 0 Å². The minimum atomic E-state index is -4.67. The second kappa shape index (κ2) is 5.91. The number of fused-ring (bicyclic) bond motifs is 1. The van der Waals surface area contributed by atoms with Crippen LogP contribution < -0.4 is 10.1 Å². The van der Waals surface area contributed by atoms with Gasteiger partial charge >= 0.3 is 6.18 Å². The van der Waals surface area contributed by atoms with Crippen LogP contribution in [-0.4, -0.2) is 23.5 Å². The Morgan fingerprint density at radius 3 is 2.78 bits per heavy atom. The summed E-state index contributed by atoms with van der Waals surface area (Å²) in [7, 11) is 0. The number of nitrogens with one attached hydrogen (secondary N) is 1. The highest BCUT2D eigenvalue weighted by Crippen LogP contribution is 2.30. The number of carbonyl (C=O) groups excluding carboxylic acids is 1. The van der Waals surface area contributed by atoms with Crippen LogP contribution in [0.2, 0.25) is 0 Å². The molecule has 23 heavy (non-hydrogen) atoms. The lowest BCUT2D eigenvalue weighted by atomic mass is 10.1. The topological polar surface area (TPSA) is 51.2 Å². The van der Waals surface area contributed by atoms with Gasteiger partial charge in [-0.3, -0.25) is 9.78 Å². The molecule has 0 fully saturated rings. The van der Waals surface area contributed by atoms with Gasteiger partial charge < -0.3 is 10.1 Å². The Morgan fingerprint density at radius 2 is 2.04 bits per heavy atom. The van der Waals surface area contributed by atoms with Crippen LogP contribution in [0.3, 0.4) is 0 Å². The van der Waals surface area contributed by atoms with Gasteiger partial charge in [-0.2, -0.15) is 13.2 Å². The molecule has 0 saturated heterocycles. The number of carbonyl (C=O) groups is 1. The highest BCUT2D eigenvalue weighted by atomic mass is 19.4. The summed E-state index contributed by atoms with van der Waals surface area (Å²) in [6, 6.07) is 9.86. The van der Waals surface area contributed by atoms with E-state index in [4.69, 9.17) is 4.74 Å². The summed E-state index contributed by atoms with van der Waals surface area (Å²) in [6.45, 7) is 0.125. The van der Waals surface area contributed by atoms with E-state index in [0.717, 1.165) is 23.6 Å². The van der Waals surface area contributed by atoms with Crippen LogP contribution in [0.25, 0.3) is 0 Å². The molecule has 0 unspecified atom stereocenters. The lowest BCUT2D eigenvalue weighted by Gasteiger charge is -2.14. The number of benzene rings is 1. The average molecular weight is 322 g/mol. The van der Waals surface area contributed by atoms with Crippen LogP contribution in [0.1, 0.15) is 21.6 Å². The van der Waals surface area contributed by atoms with Gasteiger partial charge in [0.25, 0.3) is 5.91 Å². The predicted molar refractivity (Wildman–Crippen MR) is 76.1 cm³/mol. The van der Waals surface area contributed by atoms with E-state index >= 15 is 0 Å². The molecule has 7 heteroatoms. The molecule has 3 rings (SSSR count). The second-order valence-corrected chi connectivity index (χ2v) is 5.16. The second-order valence-electron chi connectivity index (χ2n) is 5.16. The Bertz CT molecular complexity index is 706. The van der Waals surface area contributed by atoms with Gasteiger partial charge in [0.1, 0.15) is 11.9 Å². The smallest absolute Gasteiger partial charge is 0.434 e. The standard InChI is InChI=1S/C16H13F3N2O2/c17-16(18,19)14-12(5-3-7-20-14)15(22)21-9-11-8-10-4-1-2-6-13(10)23-11/h1-7,11H,8-9H2,(H,21,22)/t11-/m1/s1. The molecule has 120 valence electrons. The van der Waals surface area contributed by atoms with Gasteiger partial charge in [-0.1, -0.05) is 18.2 Å². The Labute approximate surface area is 130 Å². The third kappa shape index (κ3) is 3.28. The van der Waals surface area contributed by atoms with Gasteiger partial charge in [0.05, 0.1) is 12.1 Å².